The zero-order valence-corrected chi connectivity index (χ0v) is 7.95. The molecule has 0 saturated carbocycles. The van der Waals surface area contributed by atoms with Crippen LogP contribution in [0.4, 0.5) is 0 Å². The average Bonchev–Trinajstić information content (AvgIpc) is 0.722. The Bertz CT molecular complexity index is 46.4. The Balaban J connectivity index is 2.67. The first-order valence-electron chi connectivity index (χ1n) is 1.33. The summed E-state index contributed by atoms with van der Waals surface area (Å²) in [5, 5.41) is 0. The van der Waals surface area contributed by atoms with Crippen LogP contribution in [0.1, 0.15) is 0 Å². The molecule has 0 aromatic heterocycles. The molecule has 1 aliphatic heterocycles. The minimum absolute atomic E-state index is 0.0602. The summed E-state index contributed by atoms with van der Waals surface area (Å²) in [6.07, 6.45) is 0. The molecular formula is C2H3SiTl. The van der Waals surface area contributed by atoms with Gasteiger partial charge in [0.05, 0.1) is 0 Å². The van der Waals surface area contributed by atoms with Gasteiger partial charge in [0, 0.05) is 0 Å². The maximum absolute atomic E-state index is 2.43. The van der Waals surface area contributed by atoms with Gasteiger partial charge in [0.1, 0.15) is 0 Å². The summed E-state index contributed by atoms with van der Waals surface area (Å²) in [7, 11) is 0. The Morgan fingerprint density at radius 1 is 1.75 bits per heavy atom. The molecule has 1 rings (SSSR count). The summed E-state index contributed by atoms with van der Waals surface area (Å²) in [4.78, 5) is 0. The van der Waals surface area contributed by atoms with E-state index in [4.69, 9.17) is 0 Å². The van der Waals surface area contributed by atoms with Gasteiger partial charge in [-0.1, -0.05) is 0 Å². The van der Waals surface area contributed by atoms with Crippen LogP contribution in [0.3, 0.4) is 0 Å². The molecule has 0 aliphatic carbocycles. The molecule has 0 aromatic carbocycles. The molecule has 0 spiro atoms. The van der Waals surface area contributed by atoms with Crippen molar-refractivity contribution >= 4 is 28.8 Å². The van der Waals surface area contributed by atoms with Crippen LogP contribution in [0.15, 0.2) is 9.33 Å². The van der Waals surface area contributed by atoms with E-state index in [0.717, 1.165) is 5.97 Å². The molecule has 0 atom stereocenters. The van der Waals surface area contributed by atoms with Crippen LogP contribution in [0.5, 0.6) is 0 Å². The van der Waals surface area contributed by atoms with Crippen molar-refractivity contribution in [1.29, 1.82) is 0 Å². The SMILES string of the molecule is C1=[CH][Tl]=[SiH]1. The summed E-state index contributed by atoms with van der Waals surface area (Å²) in [6.45, 7) is 0. The molecular weight excluding hydrogens is 256 g/mol. The molecule has 0 N–H and O–H groups in total. The Hall–Kier alpha value is 0.879. The van der Waals surface area contributed by atoms with E-state index in [1.54, 1.807) is 0 Å². The van der Waals surface area contributed by atoms with Crippen molar-refractivity contribution in [3.8, 4) is 0 Å². The quantitative estimate of drug-likeness (QED) is 0.516. The third-order valence-electron chi connectivity index (χ3n) is 0.444. The van der Waals surface area contributed by atoms with Gasteiger partial charge in [-0.15, -0.1) is 0 Å². The van der Waals surface area contributed by atoms with E-state index >= 15 is 0 Å². The summed E-state index contributed by atoms with van der Waals surface area (Å²) in [6, 6.07) is 0. The van der Waals surface area contributed by atoms with Gasteiger partial charge in [0.25, 0.3) is 0 Å². The molecule has 0 radical (unpaired) electrons. The summed E-state index contributed by atoms with van der Waals surface area (Å²) in [5.41, 5.74) is 2.36. The molecule has 0 bridgehead atoms. The van der Waals surface area contributed by atoms with Crippen LogP contribution in [-0.2, 0) is 0 Å². The fraction of sp³-hybridized carbons (Fsp3) is 0. The van der Waals surface area contributed by atoms with Gasteiger partial charge in [-0.3, -0.25) is 0 Å². The van der Waals surface area contributed by atoms with Crippen molar-refractivity contribution in [3.63, 3.8) is 0 Å². The fourth-order valence-corrected chi connectivity index (χ4v) is 2.92. The monoisotopic (exact) mass is 260 g/mol. The first-order chi connectivity index (χ1) is 2.00. The first kappa shape index (κ1) is 3.08. The van der Waals surface area contributed by atoms with Crippen molar-refractivity contribution in [2.24, 2.45) is 0 Å². The van der Waals surface area contributed by atoms with E-state index in [0.29, 0.717) is 0 Å². The van der Waals surface area contributed by atoms with Gasteiger partial charge in [-0.05, 0) is 0 Å². The van der Waals surface area contributed by atoms with Gasteiger partial charge in [-0.25, -0.2) is 0 Å². The normalized spacial score (nSPS) is 14.0. The number of rotatable bonds is 0. The fourth-order valence-electron chi connectivity index (χ4n) is 0.111. The van der Waals surface area contributed by atoms with E-state index in [1.807, 2.05) is 0 Å². The molecule has 0 aromatic rings. The summed E-state index contributed by atoms with van der Waals surface area (Å²) >= 11 is 0.0602. The molecule has 2 heteroatoms. The number of hydrogen-bond donors (Lipinski definition) is 0. The van der Waals surface area contributed by atoms with Gasteiger partial charge in [-0.2, -0.15) is 0 Å². The Morgan fingerprint density at radius 3 is 2.00 bits per heavy atom. The van der Waals surface area contributed by atoms with Crippen molar-refractivity contribution in [2.45, 2.75) is 0 Å². The second kappa shape index (κ2) is 1.35. The molecule has 18 valence electrons. The van der Waals surface area contributed by atoms with E-state index in [-0.39, 0.29) is 22.8 Å². The predicted octanol–water partition coefficient (Wildman–Crippen LogP) is -0.473. The van der Waals surface area contributed by atoms with Crippen LogP contribution in [0.2, 0.25) is 0 Å². The van der Waals surface area contributed by atoms with Gasteiger partial charge < -0.3 is 0 Å². The summed E-state index contributed by atoms with van der Waals surface area (Å²) < 4.78 is 2.43. The third kappa shape index (κ3) is 0.427. The predicted molar refractivity (Wildman–Crippen MR) is 22.0 cm³/mol. The molecule has 0 saturated heterocycles. The first-order valence-corrected chi connectivity index (χ1v) is 13.0. The minimum atomic E-state index is 0.0602. The summed E-state index contributed by atoms with van der Waals surface area (Å²) in [5.74, 6) is 0.991. The average molecular weight is 260 g/mol. The molecule has 1 heterocycles. The second-order valence-electron chi connectivity index (χ2n) is 0.770. The van der Waals surface area contributed by atoms with Gasteiger partial charge in [0.15, 0.2) is 0 Å². The van der Waals surface area contributed by atoms with Crippen LogP contribution < -0.4 is 0 Å². The molecule has 0 unspecified atom stereocenters. The Kier molecular flexibility index (Phi) is 1.04. The van der Waals surface area contributed by atoms with E-state index < -0.39 is 0 Å². The second-order valence-corrected chi connectivity index (χ2v) is 12.4. The standard InChI is InChI=1S/C2H3Si.Tl/c1-2-3;/h1-3H;. The van der Waals surface area contributed by atoms with Crippen LogP contribution in [0.25, 0.3) is 0 Å². The zero-order chi connectivity index (χ0) is 2.83. The van der Waals surface area contributed by atoms with Crippen LogP contribution in [-0.4, -0.2) is 28.8 Å². The van der Waals surface area contributed by atoms with Gasteiger partial charge in [0.2, 0.25) is 0 Å². The molecule has 0 nitrogen and oxygen atoms in total. The van der Waals surface area contributed by atoms with Gasteiger partial charge >= 0.3 is 38.1 Å². The number of hydrogen-bond acceptors (Lipinski definition) is 0. The van der Waals surface area contributed by atoms with E-state index in [9.17, 15) is 0 Å². The van der Waals surface area contributed by atoms with E-state index in [2.05, 4.69) is 9.33 Å². The van der Waals surface area contributed by atoms with Crippen molar-refractivity contribution in [1.82, 2.24) is 0 Å². The molecule has 1 aliphatic rings. The van der Waals surface area contributed by atoms with Crippen molar-refractivity contribution in [3.05, 3.63) is 9.33 Å². The third-order valence-corrected chi connectivity index (χ3v) is 11.7. The molecule has 4 heavy (non-hydrogen) atoms. The van der Waals surface area contributed by atoms with Crippen LogP contribution >= 0.6 is 0 Å². The Labute approximate surface area is 38.2 Å². The van der Waals surface area contributed by atoms with E-state index in [1.165, 1.54) is 0 Å². The Morgan fingerprint density at radius 2 is 2.00 bits per heavy atom. The molecule has 0 fully saturated rings. The maximum atomic E-state index is 2.43. The topological polar surface area (TPSA) is 0 Å². The van der Waals surface area contributed by atoms with Crippen molar-refractivity contribution < 1.29 is 0 Å². The van der Waals surface area contributed by atoms with Crippen molar-refractivity contribution in [2.75, 3.05) is 0 Å². The zero-order valence-electron chi connectivity index (χ0n) is 2.31. The van der Waals surface area contributed by atoms with Crippen LogP contribution in [0, 0.1) is 0 Å². The molecule has 0 amide bonds.